The second-order valence-electron chi connectivity index (χ2n) is 7.08. The fourth-order valence-corrected chi connectivity index (χ4v) is 2.96. The van der Waals surface area contributed by atoms with Crippen LogP contribution in [0.4, 0.5) is 4.79 Å². The highest BCUT2D eigenvalue weighted by Crippen LogP contribution is 2.31. The van der Waals surface area contributed by atoms with Crippen LogP contribution in [0.5, 0.6) is 5.75 Å². The van der Waals surface area contributed by atoms with Gasteiger partial charge < -0.3 is 20.1 Å². The molecule has 0 radical (unpaired) electrons. The number of amides is 2. The number of piperidine rings is 1. The summed E-state index contributed by atoms with van der Waals surface area (Å²) in [5.74, 6) is 0.158. The van der Waals surface area contributed by atoms with E-state index in [1.807, 2.05) is 32.9 Å². The molecule has 6 nitrogen and oxygen atoms in total. The van der Waals surface area contributed by atoms with Crippen LogP contribution in [0.25, 0.3) is 0 Å². The zero-order valence-corrected chi connectivity index (χ0v) is 14.8. The van der Waals surface area contributed by atoms with Crippen LogP contribution in [0.15, 0.2) is 18.2 Å². The van der Waals surface area contributed by atoms with Crippen molar-refractivity contribution in [3.63, 3.8) is 0 Å². The Balaban J connectivity index is 2.20. The molecule has 1 aliphatic rings. The van der Waals surface area contributed by atoms with E-state index >= 15 is 0 Å². The number of rotatable bonds is 3. The standard InChI is InChI=1S/C18H26N2O4/c1-18(2,3)24-17(22)20-9-5-6-12(11-20)14-8-7-13(23-4)10-15(14)16(19)21/h7-8,10,12H,5-6,9,11H2,1-4H3,(H2,19,21). The fourth-order valence-electron chi connectivity index (χ4n) is 2.96. The number of carbonyl (C=O) groups is 2. The molecule has 1 aromatic rings. The Morgan fingerprint density at radius 1 is 1.29 bits per heavy atom. The molecule has 0 spiro atoms. The third-order valence-corrected chi connectivity index (χ3v) is 4.04. The maximum atomic E-state index is 12.3. The van der Waals surface area contributed by atoms with Crippen LogP contribution in [-0.2, 0) is 4.74 Å². The molecule has 2 rings (SSSR count). The van der Waals surface area contributed by atoms with Crippen LogP contribution in [0, 0.1) is 0 Å². The lowest BCUT2D eigenvalue weighted by atomic mass is 9.87. The summed E-state index contributed by atoms with van der Waals surface area (Å²) < 4.78 is 10.6. The molecule has 1 aromatic carbocycles. The molecule has 0 bridgehead atoms. The van der Waals surface area contributed by atoms with Gasteiger partial charge in [0.1, 0.15) is 11.4 Å². The Morgan fingerprint density at radius 2 is 2.00 bits per heavy atom. The van der Waals surface area contributed by atoms with E-state index in [1.54, 1.807) is 18.1 Å². The van der Waals surface area contributed by atoms with Crippen molar-refractivity contribution in [2.75, 3.05) is 20.2 Å². The molecule has 1 atom stereocenters. The van der Waals surface area contributed by atoms with E-state index < -0.39 is 11.5 Å². The minimum Gasteiger partial charge on any atom is -0.497 e. The Hall–Kier alpha value is -2.24. The number of methoxy groups -OCH3 is 1. The van der Waals surface area contributed by atoms with E-state index in [2.05, 4.69) is 0 Å². The summed E-state index contributed by atoms with van der Waals surface area (Å²) in [5, 5.41) is 0. The number of hydrogen-bond acceptors (Lipinski definition) is 4. The number of nitrogens with two attached hydrogens (primary N) is 1. The highest BCUT2D eigenvalue weighted by Gasteiger charge is 2.30. The summed E-state index contributed by atoms with van der Waals surface area (Å²) in [6, 6.07) is 5.33. The van der Waals surface area contributed by atoms with E-state index in [9.17, 15) is 9.59 Å². The number of carbonyl (C=O) groups excluding carboxylic acids is 2. The third-order valence-electron chi connectivity index (χ3n) is 4.04. The molecule has 132 valence electrons. The molecular weight excluding hydrogens is 308 g/mol. The average molecular weight is 334 g/mol. The first-order valence-corrected chi connectivity index (χ1v) is 8.17. The van der Waals surface area contributed by atoms with Crippen LogP contribution in [0.3, 0.4) is 0 Å². The fraction of sp³-hybridized carbons (Fsp3) is 0.556. The number of ether oxygens (including phenoxy) is 2. The normalized spacial score (nSPS) is 18.2. The van der Waals surface area contributed by atoms with Gasteiger partial charge in [-0.25, -0.2) is 4.79 Å². The van der Waals surface area contributed by atoms with Gasteiger partial charge in [0.25, 0.3) is 0 Å². The number of likely N-dealkylation sites (tertiary alicyclic amines) is 1. The van der Waals surface area contributed by atoms with Crippen molar-refractivity contribution in [3.8, 4) is 5.75 Å². The topological polar surface area (TPSA) is 81.9 Å². The molecule has 1 aliphatic heterocycles. The quantitative estimate of drug-likeness (QED) is 0.921. The highest BCUT2D eigenvalue weighted by molar-refractivity contribution is 5.95. The lowest BCUT2D eigenvalue weighted by molar-refractivity contribution is 0.0198. The predicted molar refractivity (Wildman–Crippen MR) is 91.3 cm³/mol. The summed E-state index contributed by atoms with van der Waals surface area (Å²) in [6.45, 7) is 6.72. The second kappa shape index (κ2) is 7.11. The minimum atomic E-state index is -0.525. The first-order chi connectivity index (χ1) is 11.2. The monoisotopic (exact) mass is 334 g/mol. The van der Waals surface area contributed by atoms with Crippen LogP contribution in [0.1, 0.15) is 55.5 Å². The van der Waals surface area contributed by atoms with Crippen LogP contribution in [0.2, 0.25) is 0 Å². The minimum absolute atomic E-state index is 0.0553. The van der Waals surface area contributed by atoms with Crippen molar-refractivity contribution >= 4 is 12.0 Å². The predicted octanol–water partition coefficient (Wildman–Crippen LogP) is 2.91. The van der Waals surface area contributed by atoms with E-state index in [4.69, 9.17) is 15.2 Å². The number of primary amides is 1. The first-order valence-electron chi connectivity index (χ1n) is 8.17. The summed E-state index contributed by atoms with van der Waals surface area (Å²) in [4.78, 5) is 25.8. The molecule has 0 saturated carbocycles. The van der Waals surface area contributed by atoms with Crippen molar-refractivity contribution in [2.24, 2.45) is 5.73 Å². The maximum Gasteiger partial charge on any atom is 0.410 e. The summed E-state index contributed by atoms with van der Waals surface area (Å²) in [5.41, 5.74) is 6.30. The van der Waals surface area contributed by atoms with Gasteiger partial charge >= 0.3 is 6.09 Å². The maximum absolute atomic E-state index is 12.3. The van der Waals surface area contributed by atoms with Gasteiger partial charge in [-0.2, -0.15) is 0 Å². The van der Waals surface area contributed by atoms with Gasteiger partial charge in [-0.1, -0.05) is 6.07 Å². The van der Waals surface area contributed by atoms with E-state index in [0.717, 1.165) is 18.4 Å². The molecule has 0 aromatic heterocycles. The van der Waals surface area contributed by atoms with Crippen molar-refractivity contribution in [1.29, 1.82) is 0 Å². The molecule has 2 N–H and O–H groups in total. The van der Waals surface area contributed by atoms with Gasteiger partial charge in [0.15, 0.2) is 0 Å². The van der Waals surface area contributed by atoms with Crippen LogP contribution >= 0.6 is 0 Å². The molecular formula is C18H26N2O4. The third kappa shape index (κ3) is 4.40. The van der Waals surface area contributed by atoms with Gasteiger partial charge in [-0.3, -0.25) is 4.79 Å². The van der Waals surface area contributed by atoms with Crippen molar-refractivity contribution < 1.29 is 19.1 Å². The van der Waals surface area contributed by atoms with Crippen LogP contribution < -0.4 is 10.5 Å². The Labute approximate surface area is 142 Å². The Bertz CT molecular complexity index is 622. The summed E-state index contributed by atoms with van der Waals surface area (Å²) in [6.07, 6.45) is 1.43. The SMILES string of the molecule is COc1ccc(C2CCCN(C(=O)OC(C)(C)C)C2)c(C(N)=O)c1. The van der Waals surface area contributed by atoms with E-state index in [1.165, 1.54) is 0 Å². The number of nitrogens with zero attached hydrogens (tertiary/aromatic N) is 1. The van der Waals surface area contributed by atoms with Gasteiger partial charge in [0.2, 0.25) is 5.91 Å². The smallest absolute Gasteiger partial charge is 0.410 e. The molecule has 6 heteroatoms. The summed E-state index contributed by atoms with van der Waals surface area (Å²) in [7, 11) is 1.55. The lowest BCUT2D eigenvalue weighted by Crippen LogP contribution is -2.42. The summed E-state index contributed by atoms with van der Waals surface area (Å²) >= 11 is 0. The molecule has 24 heavy (non-hydrogen) atoms. The largest absolute Gasteiger partial charge is 0.497 e. The molecule has 1 heterocycles. The van der Waals surface area contributed by atoms with Crippen molar-refractivity contribution in [2.45, 2.75) is 45.1 Å². The Kier molecular flexibility index (Phi) is 5.36. The van der Waals surface area contributed by atoms with Gasteiger partial charge in [0, 0.05) is 24.6 Å². The first kappa shape index (κ1) is 18.1. The molecule has 2 amide bonds. The highest BCUT2D eigenvalue weighted by atomic mass is 16.6. The number of hydrogen-bond donors (Lipinski definition) is 1. The van der Waals surface area contributed by atoms with Crippen molar-refractivity contribution in [3.05, 3.63) is 29.3 Å². The molecule has 1 fully saturated rings. The molecule has 0 aliphatic carbocycles. The molecule has 1 unspecified atom stereocenters. The van der Waals surface area contributed by atoms with Gasteiger partial charge in [-0.15, -0.1) is 0 Å². The lowest BCUT2D eigenvalue weighted by Gasteiger charge is -2.34. The van der Waals surface area contributed by atoms with Crippen LogP contribution in [-0.4, -0.2) is 42.7 Å². The van der Waals surface area contributed by atoms with Gasteiger partial charge in [-0.05, 0) is 51.3 Å². The van der Waals surface area contributed by atoms with E-state index in [0.29, 0.717) is 24.4 Å². The van der Waals surface area contributed by atoms with Crippen molar-refractivity contribution in [1.82, 2.24) is 4.90 Å². The number of benzene rings is 1. The second-order valence-corrected chi connectivity index (χ2v) is 7.08. The zero-order chi connectivity index (χ0) is 17.9. The van der Waals surface area contributed by atoms with E-state index in [-0.39, 0.29) is 12.0 Å². The Morgan fingerprint density at radius 3 is 2.58 bits per heavy atom. The average Bonchev–Trinajstić information content (AvgIpc) is 2.52. The zero-order valence-electron chi connectivity index (χ0n) is 14.8. The molecule has 1 saturated heterocycles. The van der Waals surface area contributed by atoms with Gasteiger partial charge in [0.05, 0.1) is 7.11 Å².